The van der Waals surface area contributed by atoms with Crippen LogP contribution in [0.5, 0.6) is 0 Å². The van der Waals surface area contributed by atoms with Gasteiger partial charge in [-0.2, -0.15) is 0 Å². The number of benzene rings is 2. The zero-order valence-electron chi connectivity index (χ0n) is 16.2. The lowest BCUT2D eigenvalue weighted by Gasteiger charge is -2.35. The molecule has 0 bridgehead atoms. The van der Waals surface area contributed by atoms with E-state index in [2.05, 4.69) is 56.2 Å². The van der Waals surface area contributed by atoms with Crippen molar-refractivity contribution in [2.75, 3.05) is 36.0 Å². The average Bonchev–Trinajstić information content (AvgIpc) is 3.24. The van der Waals surface area contributed by atoms with Crippen LogP contribution in [0.1, 0.15) is 21.5 Å². The third-order valence-corrected chi connectivity index (χ3v) is 5.76. The minimum Gasteiger partial charge on any atom is -0.363 e. The molecule has 6 heteroatoms. The second-order valence-electron chi connectivity index (χ2n) is 7.51. The Kier molecular flexibility index (Phi) is 4.60. The van der Waals surface area contributed by atoms with E-state index in [-0.39, 0.29) is 5.91 Å². The van der Waals surface area contributed by atoms with E-state index in [0.717, 1.165) is 43.2 Å². The number of nitrogens with zero attached hydrogens (tertiary/aromatic N) is 5. The van der Waals surface area contributed by atoms with Crippen molar-refractivity contribution >= 4 is 17.4 Å². The van der Waals surface area contributed by atoms with Crippen molar-refractivity contribution in [3.05, 3.63) is 83.8 Å². The minimum atomic E-state index is 0.0973. The summed E-state index contributed by atoms with van der Waals surface area (Å²) < 4.78 is 0. The Morgan fingerprint density at radius 3 is 2.10 bits per heavy atom. The van der Waals surface area contributed by atoms with Gasteiger partial charge in [0.2, 0.25) is 0 Å². The summed E-state index contributed by atoms with van der Waals surface area (Å²) in [7, 11) is 0. The van der Waals surface area contributed by atoms with E-state index in [4.69, 9.17) is 0 Å². The molecule has 0 atom stereocenters. The van der Waals surface area contributed by atoms with Gasteiger partial charge in [0.25, 0.3) is 5.91 Å². The van der Waals surface area contributed by atoms with Crippen molar-refractivity contribution in [1.29, 1.82) is 0 Å². The lowest BCUT2D eigenvalue weighted by atomic mass is 10.1. The minimum absolute atomic E-state index is 0.0973. The first-order valence-corrected chi connectivity index (χ1v) is 10.00. The number of hydrogen-bond acceptors (Lipinski definition) is 5. The molecule has 0 unspecified atom stereocenters. The van der Waals surface area contributed by atoms with Crippen LogP contribution in [0.25, 0.3) is 0 Å². The molecule has 3 heterocycles. The third-order valence-electron chi connectivity index (χ3n) is 5.76. The van der Waals surface area contributed by atoms with Gasteiger partial charge in [-0.1, -0.05) is 24.3 Å². The maximum absolute atomic E-state index is 12.9. The number of fused-ring (bicyclic) bond motifs is 1. The molecule has 2 aliphatic rings. The highest BCUT2D eigenvalue weighted by molar-refractivity contribution is 5.94. The van der Waals surface area contributed by atoms with Gasteiger partial charge in [0, 0.05) is 62.9 Å². The molecule has 0 N–H and O–H groups in total. The topological polar surface area (TPSA) is 52.6 Å². The normalized spacial score (nSPS) is 16.1. The van der Waals surface area contributed by atoms with E-state index >= 15 is 0 Å². The predicted molar refractivity (Wildman–Crippen MR) is 113 cm³/mol. The molecule has 146 valence electrons. The SMILES string of the molecule is O=C(c1ccc(N2Cc3ccccc3C2)cc1)N1CCN(c2cnccn2)CC1. The Morgan fingerprint density at radius 1 is 0.793 bits per heavy atom. The summed E-state index contributed by atoms with van der Waals surface area (Å²) in [5.41, 5.74) is 4.67. The van der Waals surface area contributed by atoms with Crippen molar-refractivity contribution in [2.24, 2.45) is 0 Å². The highest BCUT2D eigenvalue weighted by Crippen LogP contribution is 2.28. The van der Waals surface area contributed by atoms with Crippen LogP contribution in [0, 0.1) is 0 Å². The lowest BCUT2D eigenvalue weighted by Crippen LogP contribution is -2.49. The summed E-state index contributed by atoms with van der Waals surface area (Å²) in [6, 6.07) is 16.6. The number of anilines is 2. The summed E-state index contributed by atoms with van der Waals surface area (Å²) in [5, 5.41) is 0. The second kappa shape index (κ2) is 7.54. The Morgan fingerprint density at radius 2 is 1.48 bits per heavy atom. The van der Waals surface area contributed by atoms with Crippen molar-refractivity contribution in [1.82, 2.24) is 14.9 Å². The Labute approximate surface area is 170 Å². The van der Waals surface area contributed by atoms with Gasteiger partial charge < -0.3 is 14.7 Å². The van der Waals surface area contributed by atoms with Crippen LogP contribution in [0.4, 0.5) is 11.5 Å². The summed E-state index contributed by atoms with van der Waals surface area (Å²) in [6.07, 6.45) is 5.15. The zero-order valence-corrected chi connectivity index (χ0v) is 16.2. The van der Waals surface area contributed by atoms with E-state index in [0.29, 0.717) is 13.1 Å². The molecule has 0 saturated carbocycles. The van der Waals surface area contributed by atoms with Crippen molar-refractivity contribution < 1.29 is 4.79 Å². The van der Waals surface area contributed by atoms with Gasteiger partial charge in [0.05, 0.1) is 6.20 Å². The van der Waals surface area contributed by atoms with Gasteiger partial charge in [-0.3, -0.25) is 9.78 Å². The summed E-state index contributed by atoms with van der Waals surface area (Å²) in [6.45, 7) is 4.78. The van der Waals surface area contributed by atoms with Crippen molar-refractivity contribution in [3.8, 4) is 0 Å². The maximum atomic E-state index is 12.9. The van der Waals surface area contributed by atoms with Gasteiger partial charge in [0.1, 0.15) is 5.82 Å². The maximum Gasteiger partial charge on any atom is 0.253 e. The molecule has 1 aromatic heterocycles. The number of hydrogen-bond donors (Lipinski definition) is 0. The monoisotopic (exact) mass is 385 g/mol. The van der Waals surface area contributed by atoms with Crippen LogP contribution in [-0.4, -0.2) is 47.0 Å². The Hall–Kier alpha value is -3.41. The molecule has 6 nitrogen and oxygen atoms in total. The van der Waals surface area contributed by atoms with Crippen LogP contribution < -0.4 is 9.80 Å². The molecule has 1 amide bonds. The number of aromatic nitrogens is 2. The standard InChI is InChI=1S/C23H23N5O/c29-23(27-13-11-26(12-14-27)22-15-24-9-10-25-22)18-5-7-21(8-6-18)28-16-19-3-1-2-4-20(19)17-28/h1-10,15H,11-14,16-17H2. The number of rotatable bonds is 3. The van der Waals surface area contributed by atoms with Crippen molar-refractivity contribution in [2.45, 2.75) is 13.1 Å². The van der Waals surface area contributed by atoms with Crippen LogP contribution in [0.15, 0.2) is 67.1 Å². The largest absolute Gasteiger partial charge is 0.363 e. The highest BCUT2D eigenvalue weighted by Gasteiger charge is 2.23. The number of amides is 1. The summed E-state index contributed by atoms with van der Waals surface area (Å²) in [4.78, 5) is 27.8. The molecular weight excluding hydrogens is 362 g/mol. The average molecular weight is 385 g/mol. The number of carbonyl (C=O) groups is 1. The van der Waals surface area contributed by atoms with Gasteiger partial charge in [-0.15, -0.1) is 0 Å². The Balaban J connectivity index is 1.21. The fourth-order valence-corrected chi connectivity index (χ4v) is 4.11. The molecule has 1 fully saturated rings. The zero-order chi connectivity index (χ0) is 19.6. The number of carbonyl (C=O) groups excluding carboxylic acids is 1. The summed E-state index contributed by atoms with van der Waals surface area (Å²) in [5.74, 6) is 0.968. The fraction of sp³-hybridized carbons (Fsp3) is 0.261. The molecule has 29 heavy (non-hydrogen) atoms. The Bertz CT molecular complexity index is 972. The van der Waals surface area contributed by atoms with Crippen LogP contribution in [-0.2, 0) is 13.1 Å². The molecular formula is C23H23N5O. The van der Waals surface area contributed by atoms with Gasteiger partial charge in [0.15, 0.2) is 0 Å². The van der Waals surface area contributed by atoms with E-state index in [9.17, 15) is 4.79 Å². The first-order chi connectivity index (χ1) is 14.3. The number of piperazine rings is 1. The highest BCUT2D eigenvalue weighted by atomic mass is 16.2. The van der Waals surface area contributed by atoms with E-state index in [1.807, 2.05) is 17.0 Å². The fourth-order valence-electron chi connectivity index (χ4n) is 4.11. The van der Waals surface area contributed by atoms with Gasteiger partial charge in [-0.25, -0.2) is 4.98 Å². The molecule has 0 spiro atoms. The quantitative estimate of drug-likeness (QED) is 0.694. The molecule has 2 aliphatic heterocycles. The van der Waals surface area contributed by atoms with Crippen molar-refractivity contribution in [3.63, 3.8) is 0 Å². The smallest absolute Gasteiger partial charge is 0.253 e. The van der Waals surface area contributed by atoms with Crippen LogP contribution >= 0.6 is 0 Å². The van der Waals surface area contributed by atoms with Gasteiger partial charge >= 0.3 is 0 Å². The molecule has 3 aromatic rings. The predicted octanol–water partition coefficient (Wildman–Crippen LogP) is 2.96. The summed E-state index contributed by atoms with van der Waals surface area (Å²) >= 11 is 0. The van der Waals surface area contributed by atoms with Crippen LogP contribution in [0.2, 0.25) is 0 Å². The molecule has 0 radical (unpaired) electrons. The van der Waals surface area contributed by atoms with Crippen LogP contribution in [0.3, 0.4) is 0 Å². The second-order valence-corrected chi connectivity index (χ2v) is 7.51. The molecule has 0 aliphatic carbocycles. The lowest BCUT2D eigenvalue weighted by molar-refractivity contribution is 0.0746. The first-order valence-electron chi connectivity index (χ1n) is 10.00. The molecule has 2 aromatic carbocycles. The molecule has 5 rings (SSSR count). The first kappa shape index (κ1) is 17.7. The third kappa shape index (κ3) is 3.53. The van der Waals surface area contributed by atoms with Gasteiger partial charge in [-0.05, 0) is 35.4 Å². The van der Waals surface area contributed by atoms with E-state index < -0.39 is 0 Å². The molecule has 1 saturated heterocycles. The van der Waals surface area contributed by atoms with E-state index in [1.54, 1.807) is 18.6 Å². The van der Waals surface area contributed by atoms with E-state index in [1.165, 1.54) is 11.1 Å².